The zero-order valence-corrected chi connectivity index (χ0v) is 10.5. The molecule has 86 valence electrons. The summed E-state index contributed by atoms with van der Waals surface area (Å²) in [4.78, 5) is 0. The summed E-state index contributed by atoms with van der Waals surface area (Å²) in [5.74, 6) is -0.378. The number of hydrogen-bond acceptors (Lipinski definition) is 6. The molecule has 0 aliphatic heterocycles. The van der Waals surface area contributed by atoms with Gasteiger partial charge >= 0.3 is 15.2 Å². The topological polar surface area (TPSA) is 71.1 Å². The molecule has 0 saturated carbocycles. The fourth-order valence-electron chi connectivity index (χ4n) is 0.750. The Morgan fingerprint density at radius 3 is 1.64 bits per heavy atom. The van der Waals surface area contributed by atoms with E-state index in [2.05, 4.69) is 13.6 Å². The maximum Gasteiger partial charge on any atom is 0.342 e. The largest absolute Gasteiger partial charge is 0.342 e. The highest BCUT2D eigenvalue weighted by Gasteiger charge is 2.36. The average Bonchev–Trinajstić information content (AvgIpc) is 2.18. The highest BCUT2D eigenvalue weighted by atomic mass is 31.2. The Hall–Kier alpha value is 0.300. The molecule has 0 radical (unpaired) electrons. The minimum Gasteiger partial charge on any atom is -0.311 e. The van der Waals surface area contributed by atoms with Gasteiger partial charge in [0.25, 0.3) is 0 Å². The smallest absolute Gasteiger partial charge is 0.311 e. The normalized spacial score (nSPS) is 16.6. The summed E-state index contributed by atoms with van der Waals surface area (Å²) in [6.07, 6.45) is 0. The molecule has 0 aromatic rings. The second-order valence-corrected chi connectivity index (χ2v) is 7.26. The average molecular weight is 246 g/mol. The van der Waals surface area contributed by atoms with E-state index in [-0.39, 0.29) is 12.5 Å². The molecule has 0 fully saturated rings. The summed E-state index contributed by atoms with van der Waals surface area (Å²) in [5.41, 5.74) is 0. The third-order valence-electron chi connectivity index (χ3n) is 1.51. The van der Waals surface area contributed by atoms with Gasteiger partial charge in [-0.3, -0.25) is 9.13 Å². The number of hydrogen-bond donors (Lipinski definition) is 0. The van der Waals surface area contributed by atoms with Crippen LogP contribution in [0.3, 0.4) is 0 Å². The fraction of sp³-hybridized carbons (Fsp3) is 1.00. The van der Waals surface area contributed by atoms with Gasteiger partial charge in [-0.15, -0.1) is 0 Å². The Morgan fingerprint density at radius 1 is 0.929 bits per heavy atom. The van der Waals surface area contributed by atoms with E-state index in [4.69, 9.17) is 4.52 Å². The Morgan fingerprint density at radius 2 is 1.36 bits per heavy atom. The van der Waals surface area contributed by atoms with Crippen molar-refractivity contribution in [2.24, 2.45) is 0 Å². The standard InChI is InChI=1S/C6H16O6P2/c1-5-12-14(8,11-4)6-13(7,9-2)10-3/h5-6H2,1-4H3. The van der Waals surface area contributed by atoms with Gasteiger partial charge in [0.2, 0.25) is 0 Å². The van der Waals surface area contributed by atoms with Crippen LogP contribution in [-0.4, -0.2) is 33.8 Å². The van der Waals surface area contributed by atoms with E-state index in [1.807, 2.05) is 0 Å². The van der Waals surface area contributed by atoms with Crippen molar-refractivity contribution in [3.8, 4) is 0 Å². The zero-order chi connectivity index (χ0) is 11.2. The lowest BCUT2D eigenvalue weighted by molar-refractivity contribution is 0.239. The summed E-state index contributed by atoms with van der Waals surface area (Å²) in [7, 11) is -3.06. The van der Waals surface area contributed by atoms with Crippen molar-refractivity contribution >= 4 is 15.2 Å². The van der Waals surface area contributed by atoms with E-state index in [1.54, 1.807) is 6.92 Å². The van der Waals surface area contributed by atoms with Crippen LogP contribution in [0, 0.1) is 0 Å². The van der Waals surface area contributed by atoms with Gasteiger partial charge in [0.05, 0.1) is 6.61 Å². The van der Waals surface area contributed by atoms with Crippen LogP contribution >= 0.6 is 15.2 Å². The molecule has 1 atom stereocenters. The Kier molecular flexibility index (Phi) is 6.14. The molecule has 0 N–H and O–H groups in total. The summed E-state index contributed by atoms with van der Waals surface area (Å²) < 4.78 is 42.2. The summed E-state index contributed by atoms with van der Waals surface area (Å²) in [6, 6.07) is 0. The minimum absolute atomic E-state index is 0.207. The summed E-state index contributed by atoms with van der Waals surface area (Å²) >= 11 is 0. The molecule has 0 aromatic heterocycles. The van der Waals surface area contributed by atoms with Gasteiger partial charge in [-0.05, 0) is 6.92 Å². The van der Waals surface area contributed by atoms with Gasteiger partial charge in [0.15, 0.2) is 5.90 Å². The van der Waals surface area contributed by atoms with E-state index >= 15 is 0 Å². The molecule has 6 nitrogen and oxygen atoms in total. The van der Waals surface area contributed by atoms with Gasteiger partial charge in [0.1, 0.15) is 0 Å². The lowest BCUT2D eigenvalue weighted by Gasteiger charge is -2.19. The van der Waals surface area contributed by atoms with Crippen LogP contribution in [0.5, 0.6) is 0 Å². The molecule has 0 aliphatic carbocycles. The van der Waals surface area contributed by atoms with Crippen molar-refractivity contribution in [1.29, 1.82) is 0 Å². The van der Waals surface area contributed by atoms with E-state index < -0.39 is 15.2 Å². The molecule has 0 bridgehead atoms. The van der Waals surface area contributed by atoms with Gasteiger partial charge in [-0.2, -0.15) is 0 Å². The fourth-order valence-corrected chi connectivity index (χ4v) is 4.81. The molecular formula is C6H16O6P2. The zero-order valence-electron chi connectivity index (χ0n) is 8.76. The lowest BCUT2D eigenvalue weighted by Crippen LogP contribution is -2.01. The van der Waals surface area contributed by atoms with Crippen LogP contribution in [0.4, 0.5) is 0 Å². The molecule has 0 spiro atoms. The van der Waals surface area contributed by atoms with Gasteiger partial charge in [-0.25, -0.2) is 0 Å². The summed E-state index contributed by atoms with van der Waals surface area (Å²) in [5, 5.41) is 0. The van der Waals surface area contributed by atoms with Gasteiger partial charge < -0.3 is 18.1 Å². The van der Waals surface area contributed by atoms with Crippen molar-refractivity contribution in [1.82, 2.24) is 0 Å². The van der Waals surface area contributed by atoms with Crippen LogP contribution in [0.1, 0.15) is 6.92 Å². The Labute approximate surface area is 83.9 Å². The van der Waals surface area contributed by atoms with Crippen molar-refractivity contribution < 1.29 is 27.2 Å². The molecule has 14 heavy (non-hydrogen) atoms. The first-order valence-corrected chi connectivity index (χ1v) is 7.40. The molecule has 0 saturated heterocycles. The lowest BCUT2D eigenvalue weighted by atomic mass is 10.9. The molecule has 1 unspecified atom stereocenters. The Bertz CT molecular complexity index is 245. The SMILES string of the molecule is CCOP(=O)(CP(=O)(OC)OC)OC. The van der Waals surface area contributed by atoms with Gasteiger partial charge in [-0.1, -0.05) is 0 Å². The van der Waals surface area contributed by atoms with E-state index in [0.29, 0.717) is 0 Å². The molecule has 0 amide bonds. The number of rotatable bonds is 7. The first-order chi connectivity index (χ1) is 6.45. The monoisotopic (exact) mass is 246 g/mol. The third-order valence-corrected chi connectivity index (χ3v) is 6.60. The molecule has 0 heterocycles. The van der Waals surface area contributed by atoms with E-state index in [1.165, 1.54) is 21.3 Å². The van der Waals surface area contributed by atoms with Crippen LogP contribution in [0.2, 0.25) is 0 Å². The van der Waals surface area contributed by atoms with Crippen molar-refractivity contribution in [2.45, 2.75) is 6.92 Å². The second-order valence-electron chi connectivity index (χ2n) is 2.33. The second kappa shape index (κ2) is 6.01. The van der Waals surface area contributed by atoms with E-state index in [9.17, 15) is 9.13 Å². The van der Waals surface area contributed by atoms with Crippen molar-refractivity contribution in [2.75, 3.05) is 33.8 Å². The van der Waals surface area contributed by atoms with Crippen LogP contribution in [0.25, 0.3) is 0 Å². The van der Waals surface area contributed by atoms with Crippen LogP contribution < -0.4 is 0 Å². The summed E-state index contributed by atoms with van der Waals surface area (Å²) in [6.45, 7) is 1.87. The van der Waals surface area contributed by atoms with Gasteiger partial charge in [0, 0.05) is 21.3 Å². The quantitative estimate of drug-likeness (QED) is 0.642. The molecule has 0 aliphatic rings. The van der Waals surface area contributed by atoms with Crippen LogP contribution in [-0.2, 0) is 27.2 Å². The molecule has 0 aromatic carbocycles. The molecule has 0 rings (SSSR count). The minimum atomic E-state index is -3.37. The Balaban J connectivity index is 4.59. The highest BCUT2D eigenvalue weighted by Crippen LogP contribution is 2.62. The maximum absolute atomic E-state index is 11.7. The third kappa shape index (κ3) is 4.22. The highest BCUT2D eigenvalue weighted by molar-refractivity contribution is 7.71. The first kappa shape index (κ1) is 14.3. The predicted molar refractivity (Wildman–Crippen MR) is 52.7 cm³/mol. The van der Waals surface area contributed by atoms with Crippen LogP contribution in [0.15, 0.2) is 0 Å². The van der Waals surface area contributed by atoms with E-state index in [0.717, 1.165) is 0 Å². The predicted octanol–water partition coefficient (Wildman–Crippen LogP) is 2.31. The maximum atomic E-state index is 11.7. The molecular weight excluding hydrogens is 230 g/mol. The molecule has 8 heteroatoms. The van der Waals surface area contributed by atoms with Crippen molar-refractivity contribution in [3.63, 3.8) is 0 Å². The van der Waals surface area contributed by atoms with Crippen molar-refractivity contribution in [3.05, 3.63) is 0 Å². The first-order valence-electron chi connectivity index (χ1n) is 3.95.